The van der Waals surface area contributed by atoms with E-state index in [2.05, 4.69) is 0 Å². The molecule has 0 amide bonds. The summed E-state index contributed by atoms with van der Waals surface area (Å²) < 4.78 is 203. The molecule has 0 aromatic rings. The fourth-order valence-corrected chi connectivity index (χ4v) is 0.848. The van der Waals surface area contributed by atoms with Gasteiger partial charge in [0.15, 0.2) is 0 Å². The Morgan fingerprint density at radius 1 is 0.350 bits per heavy atom. The standard InChI is InChI=1S/3C5H2F6O2.Al/c3*6-4(7,8)2(12)1-3(13)5(9,10)11;/h3*1,12H;/q;;;+3/p-3/b3*2-1-;. The Kier molecular flexibility index (Phi) is 16.5. The van der Waals surface area contributed by atoms with Crippen molar-refractivity contribution in [2.45, 2.75) is 37.1 Å². The Bertz CT molecular complexity index is 834. The number of allylic oxidation sites excluding steroid dienone is 6. The zero-order valence-corrected chi connectivity index (χ0v) is 18.7. The van der Waals surface area contributed by atoms with Crippen molar-refractivity contribution < 1.29 is 109 Å². The van der Waals surface area contributed by atoms with Crippen LogP contribution in [0.2, 0.25) is 0 Å². The second kappa shape index (κ2) is 15.1. The van der Waals surface area contributed by atoms with Gasteiger partial charge < -0.3 is 15.3 Å². The largest absolute Gasteiger partial charge is 3.00 e. The Balaban J connectivity index is -0.000000240. The molecule has 0 bridgehead atoms. The van der Waals surface area contributed by atoms with Gasteiger partial charge in [0.2, 0.25) is 0 Å². The van der Waals surface area contributed by atoms with Crippen LogP contribution in [0, 0.1) is 0 Å². The van der Waals surface area contributed by atoms with E-state index in [0.717, 1.165) is 0 Å². The molecule has 0 aromatic carbocycles. The van der Waals surface area contributed by atoms with Crippen molar-refractivity contribution in [1.82, 2.24) is 0 Å². The number of carbonyl (C=O) groups excluding carboxylic acids is 3. The summed E-state index contributed by atoms with van der Waals surface area (Å²) in [6, 6.07) is 0. The van der Waals surface area contributed by atoms with Crippen molar-refractivity contribution in [3.05, 3.63) is 35.5 Å². The number of halogens is 18. The van der Waals surface area contributed by atoms with E-state index in [1.165, 1.54) is 0 Å². The number of carbonyl (C=O) groups is 3. The predicted octanol–water partition coefficient (Wildman–Crippen LogP) is 2.39. The molecule has 0 fully saturated rings. The van der Waals surface area contributed by atoms with Gasteiger partial charge in [-0.1, -0.05) is 0 Å². The van der Waals surface area contributed by atoms with Crippen molar-refractivity contribution in [3.8, 4) is 0 Å². The molecule has 0 saturated carbocycles. The van der Waals surface area contributed by atoms with Crippen molar-refractivity contribution in [3.63, 3.8) is 0 Å². The van der Waals surface area contributed by atoms with Gasteiger partial charge in [0.1, 0.15) is 0 Å². The van der Waals surface area contributed by atoms with E-state index in [9.17, 15) is 109 Å². The SMILES string of the molecule is O=C(/C=C(\[O-])C(F)(F)F)C(F)(F)F.O=C(/C=C(\[O-])C(F)(F)F)C(F)(F)F.O=C(/C=C(\[O-])C(F)(F)F)C(F)(F)F.[Al+3]. The van der Waals surface area contributed by atoms with Crippen LogP contribution in [0.3, 0.4) is 0 Å². The Hall–Kier alpha value is -3.10. The molecule has 0 radical (unpaired) electrons. The second-order valence-corrected chi connectivity index (χ2v) is 5.61. The van der Waals surface area contributed by atoms with E-state index in [-0.39, 0.29) is 17.4 Å². The Morgan fingerprint density at radius 3 is 0.550 bits per heavy atom. The first-order valence-corrected chi connectivity index (χ1v) is 7.86. The monoisotopic (exact) mass is 648 g/mol. The number of ketones is 3. The molecular weight excluding hydrogens is 645 g/mol. The molecule has 0 spiro atoms. The van der Waals surface area contributed by atoms with E-state index in [4.69, 9.17) is 0 Å². The van der Waals surface area contributed by atoms with Crippen molar-refractivity contribution in [2.24, 2.45) is 0 Å². The summed E-state index contributed by atoms with van der Waals surface area (Å²) in [5, 5.41) is 29.5. The minimum atomic E-state index is -5.46. The zero-order chi connectivity index (χ0) is 32.6. The topological polar surface area (TPSA) is 120 Å². The fraction of sp³-hybridized carbons (Fsp3) is 0.400. The van der Waals surface area contributed by atoms with Gasteiger partial charge in [-0.2, -0.15) is 79.0 Å². The van der Waals surface area contributed by atoms with E-state index in [1.807, 2.05) is 0 Å². The van der Waals surface area contributed by atoms with E-state index in [0.29, 0.717) is 0 Å². The third-order valence-electron chi connectivity index (χ3n) is 2.46. The first-order valence-electron chi connectivity index (χ1n) is 7.86. The quantitative estimate of drug-likeness (QED) is 0.201. The second-order valence-electron chi connectivity index (χ2n) is 5.61. The van der Waals surface area contributed by atoms with Gasteiger partial charge in [-0.15, -0.1) is 0 Å². The molecule has 40 heavy (non-hydrogen) atoms. The first-order chi connectivity index (χ1) is 16.6. The van der Waals surface area contributed by atoms with Gasteiger partial charge in [-0.05, 0) is 35.5 Å². The molecule has 0 aromatic heterocycles. The maximum absolute atomic E-state index is 11.3. The molecule has 0 aliphatic carbocycles. The van der Waals surface area contributed by atoms with E-state index in [1.54, 1.807) is 0 Å². The summed E-state index contributed by atoms with van der Waals surface area (Å²) in [6.07, 6.45) is -35.8. The van der Waals surface area contributed by atoms with Crippen LogP contribution < -0.4 is 15.3 Å². The van der Waals surface area contributed by atoms with Crippen LogP contribution in [-0.2, 0) is 14.4 Å². The van der Waals surface area contributed by atoms with Crippen LogP contribution in [0.25, 0.3) is 0 Å². The van der Waals surface area contributed by atoms with E-state index >= 15 is 0 Å². The Labute approximate surface area is 217 Å². The van der Waals surface area contributed by atoms with Gasteiger partial charge in [-0.3, -0.25) is 14.4 Å². The number of rotatable bonds is 3. The first kappa shape index (κ1) is 43.9. The summed E-state index contributed by atoms with van der Waals surface area (Å²) in [4.78, 5) is 29.5. The molecule has 0 atom stereocenters. The molecular formula is C15H3AlF18O6. The smallest absolute Gasteiger partial charge is 0.869 e. The molecule has 0 rings (SSSR count). The number of alkyl halides is 18. The fourth-order valence-electron chi connectivity index (χ4n) is 0.848. The molecule has 0 heterocycles. The summed E-state index contributed by atoms with van der Waals surface area (Å²) in [6.45, 7) is 0. The molecule has 0 unspecified atom stereocenters. The number of hydrogen-bond acceptors (Lipinski definition) is 6. The summed E-state index contributed by atoms with van der Waals surface area (Å²) in [5.74, 6) is -16.9. The van der Waals surface area contributed by atoms with Gasteiger partial charge in [-0.25, -0.2) is 0 Å². The van der Waals surface area contributed by atoms with Gasteiger partial charge in [0, 0.05) is 0 Å². The van der Waals surface area contributed by atoms with Crippen molar-refractivity contribution in [2.75, 3.05) is 0 Å². The summed E-state index contributed by atoms with van der Waals surface area (Å²) in [5.41, 5.74) is 0. The normalized spacial score (nSPS) is 14.1. The minimum absolute atomic E-state index is 0. The molecule has 0 N–H and O–H groups in total. The summed E-state index contributed by atoms with van der Waals surface area (Å²) in [7, 11) is 0. The predicted molar refractivity (Wildman–Crippen MR) is 81.4 cm³/mol. The maximum atomic E-state index is 11.3. The van der Waals surface area contributed by atoms with Gasteiger partial charge in [0.25, 0.3) is 17.3 Å². The van der Waals surface area contributed by atoms with Crippen LogP contribution in [0.5, 0.6) is 0 Å². The van der Waals surface area contributed by atoms with Gasteiger partial charge >= 0.3 is 54.4 Å². The average Bonchev–Trinajstić information content (AvgIpc) is 2.64. The van der Waals surface area contributed by atoms with Crippen molar-refractivity contribution >= 4 is 34.7 Å². The zero-order valence-electron chi connectivity index (χ0n) is 17.6. The third kappa shape index (κ3) is 19.9. The molecule has 6 nitrogen and oxygen atoms in total. The molecule has 0 aliphatic rings. The molecule has 0 saturated heterocycles. The Morgan fingerprint density at radius 2 is 0.475 bits per heavy atom. The van der Waals surface area contributed by atoms with Crippen LogP contribution in [0.1, 0.15) is 0 Å². The minimum Gasteiger partial charge on any atom is -0.869 e. The third-order valence-corrected chi connectivity index (χ3v) is 2.46. The van der Waals surface area contributed by atoms with Crippen LogP contribution in [-0.4, -0.2) is 71.8 Å². The summed E-state index contributed by atoms with van der Waals surface area (Å²) >= 11 is 0. The van der Waals surface area contributed by atoms with Crippen LogP contribution >= 0.6 is 0 Å². The number of hydrogen-bond donors (Lipinski definition) is 0. The van der Waals surface area contributed by atoms with E-state index < -0.39 is 89.9 Å². The van der Waals surface area contributed by atoms with Crippen LogP contribution in [0.15, 0.2) is 35.5 Å². The molecule has 228 valence electrons. The van der Waals surface area contributed by atoms with Crippen molar-refractivity contribution in [1.29, 1.82) is 0 Å². The maximum Gasteiger partial charge on any atom is 3.00 e. The van der Waals surface area contributed by atoms with Gasteiger partial charge in [0.05, 0.1) is 0 Å². The molecule has 25 heteroatoms. The van der Waals surface area contributed by atoms with Crippen LogP contribution in [0.4, 0.5) is 79.0 Å². The molecule has 0 aliphatic heterocycles. The average molecular weight is 648 g/mol.